The van der Waals surface area contributed by atoms with Gasteiger partial charge in [0.25, 0.3) is 0 Å². The summed E-state index contributed by atoms with van der Waals surface area (Å²) in [5.41, 5.74) is -1.40. The number of nitrogens with zero attached hydrogens (tertiary/aromatic N) is 1. The zero-order valence-corrected chi connectivity index (χ0v) is 12.6. The highest BCUT2D eigenvalue weighted by Gasteiger charge is 2.38. The molecule has 19 heavy (non-hydrogen) atoms. The van der Waals surface area contributed by atoms with Crippen LogP contribution in [0.5, 0.6) is 0 Å². The van der Waals surface area contributed by atoms with Crippen molar-refractivity contribution in [2.24, 2.45) is 5.41 Å². The molecule has 110 valence electrons. The van der Waals surface area contributed by atoms with Crippen LogP contribution in [0.15, 0.2) is 0 Å². The molecule has 0 saturated carbocycles. The number of aliphatic hydroxyl groups is 1. The molecule has 0 bridgehead atoms. The Morgan fingerprint density at radius 1 is 1.26 bits per heavy atom. The van der Waals surface area contributed by atoms with Crippen LogP contribution in [0.2, 0.25) is 0 Å². The molecule has 0 aromatic heterocycles. The molecule has 0 spiro atoms. The molecule has 1 fully saturated rings. The first-order chi connectivity index (χ1) is 8.53. The van der Waals surface area contributed by atoms with Crippen LogP contribution >= 0.6 is 0 Å². The molecule has 2 amide bonds. The Morgan fingerprint density at radius 3 is 2.32 bits per heavy atom. The second-order valence-electron chi connectivity index (χ2n) is 6.83. The molecule has 0 radical (unpaired) electrons. The third kappa shape index (κ3) is 4.20. The molecule has 1 rings (SSSR count). The van der Waals surface area contributed by atoms with Gasteiger partial charge in [0, 0.05) is 12.0 Å². The van der Waals surface area contributed by atoms with Gasteiger partial charge in [0.05, 0.1) is 18.2 Å². The van der Waals surface area contributed by atoms with E-state index in [9.17, 15) is 14.7 Å². The van der Waals surface area contributed by atoms with E-state index in [4.69, 9.17) is 0 Å². The lowest BCUT2D eigenvalue weighted by molar-refractivity contribution is -0.138. The first kappa shape index (κ1) is 16.0. The Hall–Kier alpha value is -1.10. The summed E-state index contributed by atoms with van der Waals surface area (Å²) < 4.78 is 0. The van der Waals surface area contributed by atoms with Crippen LogP contribution in [0, 0.1) is 5.41 Å². The average molecular weight is 270 g/mol. The zero-order valence-electron chi connectivity index (χ0n) is 12.6. The van der Waals surface area contributed by atoms with Crippen LogP contribution in [0.4, 0.5) is 0 Å². The zero-order chi connectivity index (χ0) is 14.8. The van der Waals surface area contributed by atoms with Crippen molar-refractivity contribution in [2.45, 2.75) is 59.1 Å². The van der Waals surface area contributed by atoms with Gasteiger partial charge in [-0.15, -0.1) is 0 Å². The minimum Gasteiger partial charge on any atom is -0.388 e. The molecular formula is C14H26N2O3. The molecule has 0 aliphatic carbocycles. The molecule has 1 atom stereocenters. The minimum absolute atomic E-state index is 0.00266. The normalized spacial score (nSPS) is 20.5. The van der Waals surface area contributed by atoms with Crippen LogP contribution in [0.3, 0.4) is 0 Å². The summed E-state index contributed by atoms with van der Waals surface area (Å²) in [5, 5.41) is 12.7. The summed E-state index contributed by atoms with van der Waals surface area (Å²) in [6, 6.07) is -0.161. The largest absolute Gasteiger partial charge is 0.388 e. The number of hydrogen-bond donors (Lipinski definition) is 2. The molecule has 0 aromatic carbocycles. The van der Waals surface area contributed by atoms with Gasteiger partial charge in [-0.2, -0.15) is 0 Å². The monoisotopic (exact) mass is 270 g/mol. The Bertz CT molecular complexity index is 353. The summed E-state index contributed by atoms with van der Waals surface area (Å²) in [7, 11) is 0. The fourth-order valence-electron chi connectivity index (χ4n) is 2.32. The number of hydrogen-bond acceptors (Lipinski definition) is 3. The van der Waals surface area contributed by atoms with Crippen LogP contribution in [-0.4, -0.2) is 46.6 Å². The third-order valence-electron chi connectivity index (χ3n) is 3.47. The molecule has 2 N–H and O–H groups in total. The number of nitrogens with one attached hydrogen (secondary N) is 1. The molecular weight excluding hydrogens is 244 g/mol. The smallest absolute Gasteiger partial charge is 0.242 e. The molecule has 1 saturated heterocycles. The van der Waals surface area contributed by atoms with Crippen LogP contribution in [-0.2, 0) is 9.59 Å². The van der Waals surface area contributed by atoms with E-state index in [0.717, 1.165) is 12.8 Å². The molecule has 1 aliphatic rings. The quantitative estimate of drug-likeness (QED) is 0.801. The number of rotatable bonds is 3. The van der Waals surface area contributed by atoms with Crippen LogP contribution in [0.1, 0.15) is 47.5 Å². The summed E-state index contributed by atoms with van der Waals surface area (Å²) in [5.74, 6) is -0.262. The molecule has 5 heteroatoms. The second kappa shape index (κ2) is 5.49. The maximum absolute atomic E-state index is 12.1. The second-order valence-corrected chi connectivity index (χ2v) is 6.83. The maximum Gasteiger partial charge on any atom is 0.242 e. The molecule has 1 unspecified atom stereocenters. The average Bonchev–Trinajstić information content (AvgIpc) is 2.72. The van der Waals surface area contributed by atoms with Crippen molar-refractivity contribution in [3.05, 3.63) is 0 Å². The highest BCUT2D eigenvalue weighted by molar-refractivity contribution is 5.87. The van der Waals surface area contributed by atoms with Gasteiger partial charge in [0.2, 0.25) is 11.8 Å². The predicted octanol–water partition coefficient (Wildman–Crippen LogP) is 0.911. The van der Waals surface area contributed by atoms with Gasteiger partial charge in [-0.25, -0.2) is 0 Å². The van der Waals surface area contributed by atoms with Crippen molar-refractivity contribution >= 4 is 11.8 Å². The standard InChI is InChI=1S/C14H26N2O3/c1-13(2,3)12(18)15-9-11(17)16-8-6-7-10(16)14(4,5)19/h10,19H,6-9H2,1-5H3,(H,15,18). The van der Waals surface area contributed by atoms with E-state index in [2.05, 4.69) is 5.32 Å². The SMILES string of the molecule is CC(C)(C)C(=O)NCC(=O)N1CCCC1C(C)(C)O. The van der Waals surface area contributed by atoms with Gasteiger partial charge in [0.15, 0.2) is 0 Å². The van der Waals surface area contributed by atoms with Gasteiger partial charge in [0.1, 0.15) is 0 Å². The van der Waals surface area contributed by atoms with E-state index in [-0.39, 0.29) is 24.4 Å². The molecule has 5 nitrogen and oxygen atoms in total. The summed E-state index contributed by atoms with van der Waals surface area (Å²) in [4.78, 5) is 25.5. The Morgan fingerprint density at radius 2 is 1.84 bits per heavy atom. The lowest BCUT2D eigenvalue weighted by Crippen LogP contribution is -2.51. The fourth-order valence-corrected chi connectivity index (χ4v) is 2.32. The van der Waals surface area contributed by atoms with Gasteiger partial charge in [-0.1, -0.05) is 20.8 Å². The highest BCUT2D eigenvalue weighted by atomic mass is 16.3. The lowest BCUT2D eigenvalue weighted by atomic mass is 9.95. The van der Waals surface area contributed by atoms with Crippen molar-refractivity contribution in [1.29, 1.82) is 0 Å². The van der Waals surface area contributed by atoms with Crippen molar-refractivity contribution < 1.29 is 14.7 Å². The van der Waals surface area contributed by atoms with Crippen molar-refractivity contribution in [1.82, 2.24) is 10.2 Å². The highest BCUT2D eigenvalue weighted by Crippen LogP contribution is 2.26. The third-order valence-corrected chi connectivity index (χ3v) is 3.47. The van der Waals surface area contributed by atoms with Gasteiger partial charge in [-0.05, 0) is 26.7 Å². The Kier molecular flexibility index (Phi) is 4.61. The van der Waals surface area contributed by atoms with Crippen LogP contribution in [0.25, 0.3) is 0 Å². The van der Waals surface area contributed by atoms with E-state index < -0.39 is 11.0 Å². The number of carbonyl (C=O) groups is 2. The number of carbonyl (C=O) groups excluding carboxylic acids is 2. The molecule has 0 aromatic rings. The fraction of sp³-hybridized carbons (Fsp3) is 0.857. The Labute approximate surface area is 115 Å². The van der Waals surface area contributed by atoms with Gasteiger partial charge in [-0.3, -0.25) is 9.59 Å². The topological polar surface area (TPSA) is 69.6 Å². The lowest BCUT2D eigenvalue weighted by Gasteiger charge is -2.34. The summed E-state index contributed by atoms with van der Waals surface area (Å²) in [6.07, 6.45) is 1.70. The minimum atomic E-state index is -0.903. The first-order valence-electron chi connectivity index (χ1n) is 6.83. The van der Waals surface area contributed by atoms with E-state index in [0.29, 0.717) is 6.54 Å². The van der Waals surface area contributed by atoms with Crippen molar-refractivity contribution in [2.75, 3.05) is 13.1 Å². The van der Waals surface area contributed by atoms with Gasteiger partial charge < -0.3 is 15.3 Å². The first-order valence-corrected chi connectivity index (χ1v) is 6.83. The van der Waals surface area contributed by atoms with E-state index in [1.165, 1.54) is 0 Å². The van der Waals surface area contributed by atoms with Gasteiger partial charge >= 0.3 is 0 Å². The molecule has 1 aliphatic heterocycles. The molecule has 1 heterocycles. The van der Waals surface area contributed by atoms with E-state index in [1.807, 2.05) is 20.8 Å². The predicted molar refractivity (Wildman–Crippen MR) is 73.5 cm³/mol. The van der Waals surface area contributed by atoms with Crippen molar-refractivity contribution in [3.8, 4) is 0 Å². The number of amides is 2. The van der Waals surface area contributed by atoms with E-state index in [1.54, 1.807) is 18.7 Å². The van der Waals surface area contributed by atoms with Crippen molar-refractivity contribution in [3.63, 3.8) is 0 Å². The van der Waals surface area contributed by atoms with E-state index >= 15 is 0 Å². The summed E-state index contributed by atoms with van der Waals surface area (Å²) in [6.45, 7) is 9.52. The number of likely N-dealkylation sites (tertiary alicyclic amines) is 1. The Balaban J connectivity index is 2.57. The maximum atomic E-state index is 12.1. The summed E-state index contributed by atoms with van der Waals surface area (Å²) >= 11 is 0. The van der Waals surface area contributed by atoms with Crippen LogP contribution < -0.4 is 5.32 Å².